The summed E-state index contributed by atoms with van der Waals surface area (Å²) in [5, 5.41) is 0. The second-order valence-electron chi connectivity index (χ2n) is 2.44. The molecule has 0 amide bonds. The van der Waals surface area contributed by atoms with Crippen molar-refractivity contribution >= 4 is 20.7 Å². The zero-order valence-electron chi connectivity index (χ0n) is 5.66. The fourth-order valence-electron chi connectivity index (χ4n) is 1.10. The van der Waals surface area contributed by atoms with Gasteiger partial charge in [-0.1, -0.05) is 16.4 Å². The average molecular weight is 186 g/mol. The molecule has 0 unspecified atom stereocenters. The maximum absolute atomic E-state index is 8.97. The van der Waals surface area contributed by atoms with Crippen molar-refractivity contribution in [3.05, 3.63) is 0 Å². The summed E-state index contributed by atoms with van der Waals surface area (Å²) < 4.78 is 19.5. The lowest BCUT2D eigenvalue weighted by Crippen LogP contribution is -2.29. The van der Waals surface area contributed by atoms with E-state index in [1.165, 1.54) is 10.7 Å². The number of halogens is 1. The maximum atomic E-state index is 8.97. The smallest absolute Gasteiger partial charge is 0.0426 e. The number of hydrogen-bond donors (Lipinski definition) is 2. The third-order valence-electron chi connectivity index (χ3n) is 1.64. The molecule has 1 fully saturated rings. The van der Waals surface area contributed by atoms with Crippen LogP contribution in [0.15, 0.2) is 0 Å². The van der Waals surface area contributed by atoms with E-state index in [2.05, 4.69) is 0 Å². The second-order valence-corrected chi connectivity index (χ2v) is 5.10. The fourth-order valence-corrected chi connectivity index (χ4v) is 2.23. The topological polar surface area (TPSA) is 43.7 Å². The summed E-state index contributed by atoms with van der Waals surface area (Å²) in [6.45, 7) is 1.43. The van der Waals surface area contributed by atoms with Crippen molar-refractivity contribution in [1.29, 1.82) is 0 Å². The highest BCUT2D eigenvalue weighted by Crippen LogP contribution is 2.49. The van der Waals surface area contributed by atoms with Gasteiger partial charge in [-0.15, -0.1) is 0 Å². The Kier molecular flexibility index (Phi) is 2.82. The van der Waals surface area contributed by atoms with Crippen LogP contribution in [0.4, 0.5) is 0 Å². The summed E-state index contributed by atoms with van der Waals surface area (Å²) in [5.41, 5.74) is 0. The SMILES string of the molecule is OS(O)(Cl)N1CCCCC1. The zero-order chi connectivity index (χ0) is 7.61. The molecule has 62 valence electrons. The molecule has 2 N–H and O–H groups in total. The van der Waals surface area contributed by atoms with Crippen molar-refractivity contribution in [3.8, 4) is 0 Å². The van der Waals surface area contributed by atoms with Gasteiger partial charge in [-0.2, -0.15) is 4.31 Å². The standard InChI is InChI=1S/C5H12ClNO2S/c6-10(8,9)7-4-2-1-3-5-7/h8-9H,1-5H2. The first-order chi connectivity index (χ1) is 4.61. The van der Waals surface area contributed by atoms with Gasteiger partial charge in [-0.05, 0) is 12.8 Å². The molecular formula is C5H12ClNO2S. The van der Waals surface area contributed by atoms with E-state index in [1.54, 1.807) is 0 Å². The number of piperidine rings is 1. The van der Waals surface area contributed by atoms with Crippen LogP contribution in [-0.4, -0.2) is 26.5 Å². The van der Waals surface area contributed by atoms with Crippen molar-refractivity contribution < 1.29 is 9.11 Å². The Hall–Kier alpha value is 0.520. The summed E-state index contributed by atoms with van der Waals surface area (Å²) in [6.07, 6.45) is 3.20. The van der Waals surface area contributed by atoms with Crippen molar-refractivity contribution in [1.82, 2.24) is 4.31 Å². The van der Waals surface area contributed by atoms with Gasteiger partial charge in [0, 0.05) is 23.8 Å². The van der Waals surface area contributed by atoms with E-state index in [0.29, 0.717) is 13.1 Å². The van der Waals surface area contributed by atoms with E-state index in [4.69, 9.17) is 19.8 Å². The molecule has 1 aliphatic heterocycles. The molecule has 1 aliphatic rings. The quantitative estimate of drug-likeness (QED) is 0.659. The van der Waals surface area contributed by atoms with Gasteiger partial charge in [0.05, 0.1) is 0 Å². The molecule has 0 radical (unpaired) electrons. The summed E-state index contributed by atoms with van der Waals surface area (Å²) in [6, 6.07) is 0. The summed E-state index contributed by atoms with van der Waals surface area (Å²) in [5.74, 6) is 0. The lowest BCUT2D eigenvalue weighted by Gasteiger charge is -2.38. The molecule has 1 rings (SSSR count). The highest BCUT2D eigenvalue weighted by atomic mass is 35.7. The van der Waals surface area contributed by atoms with E-state index < -0.39 is 9.99 Å². The van der Waals surface area contributed by atoms with Gasteiger partial charge in [0.25, 0.3) is 0 Å². The molecule has 0 atom stereocenters. The largest absolute Gasteiger partial charge is 0.272 e. The van der Waals surface area contributed by atoms with Crippen LogP contribution >= 0.6 is 20.7 Å². The third-order valence-corrected chi connectivity index (χ3v) is 3.25. The molecule has 0 aliphatic carbocycles. The molecule has 1 heterocycles. The van der Waals surface area contributed by atoms with E-state index in [0.717, 1.165) is 12.8 Å². The molecule has 0 spiro atoms. The number of nitrogens with zero attached hydrogens (tertiary/aromatic N) is 1. The van der Waals surface area contributed by atoms with Gasteiger partial charge in [-0.3, -0.25) is 9.11 Å². The van der Waals surface area contributed by atoms with E-state index in [9.17, 15) is 0 Å². The Morgan fingerprint density at radius 1 is 1.10 bits per heavy atom. The average Bonchev–Trinajstić information content (AvgIpc) is 1.88. The van der Waals surface area contributed by atoms with Gasteiger partial charge >= 0.3 is 0 Å². The van der Waals surface area contributed by atoms with Crippen LogP contribution in [0.25, 0.3) is 0 Å². The Labute approximate surface area is 67.0 Å². The lowest BCUT2D eigenvalue weighted by atomic mass is 10.2. The fraction of sp³-hybridized carbons (Fsp3) is 1.00. The summed E-state index contributed by atoms with van der Waals surface area (Å²) >= 11 is 0. The normalized spacial score (nSPS) is 24.7. The minimum absolute atomic E-state index is 0.714. The summed E-state index contributed by atoms with van der Waals surface area (Å²) in [4.78, 5) is 0. The van der Waals surface area contributed by atoms with Crippen molar-refractivity contribution in [2.75, 3.05) is 13.1 Å². The molecular weight excluding hydrogens is 174 g/mol. The lowest BCUT2D eigenvalue weighted by molar-refractivity contribution is 0.316. The molecule has 1 saturated heterocycles. The van der Waals surface area contributed by atoms with Crippen molar-refractivity contribution in [3.63, 3.8) is 0 Å². The Balaban J connectivity index is 2.39. The van der Waals surface area contributed by atoms with Gasteiger partial charge in [0.1, 0.15) is 0 Å². The molecule has 0 bridgehead atoms. The van der Waals surface area contributed by atoms with Crippen LogP contribution < -0.4 is 0 Å². The number of rotatable bonds is 1. The predicted octanol–water partition coefficient (Wildman–Crippen LogP) is 2.29. The Bertz CT molecular complexity index is 111. The minimum atomic E-state index is -2.92. The van der Waals surface area contributed by atoms with Crippen LogP contribution in [-0.2, 0) is 0 Å². The highest BCUT2D eigenvalue weighted by Gasteiger charge is 2.21. The minimum Gasteiger partial charge on any atom is -0.272 e. The third kappa shape index (κ3) is 2.29. The van der Waals surface area contributed by atoms with Gasteiger partial charge in [0.2, 0.25) is 0 Å². The van der Waals surface area contributed by atoms with Crippen LogP contribution in [0.3, 0.4) is 0 Å². The van der Waals surface area contributed by atoms with E-state index in [1.807, 2.05) is 0 Å². The Morgan fingerprint density at radius 2 is 1.60 bits per heavy atom. The first-order valence-corrected chi connectivity index (χ1v) is 5.66. The predicted molar refractivity (Wildman–Crippen MR) is 44.1 cm³/mol. The van der Waals surface area contributed by atoms with Gasteiger partial charge < -0.3 is 0 Å². The summed E-state index contributed by atoms with van der Waals surface area (Å²) in [7, 11) is 2.41. The van der Waals surface area contributed by atoms with Gasteiger partial charge in [0.15, 0.2) is 0 Å². The molecule has 3 nitrogen and oxygen atoms in total. The van der Waals surface area contributed by atoms with Crippen LogP contribution in [0.2, 0.25) is 0 Å². The zero-order valence-corrected chi connectivity index (χ0v) is 7.24. The van der Waals surface area contributed by atoms with Crippen LogP contribution in [0.5, 0.6) is 0 Å². The van der Waals surface area contributed by atoms with Crippen molar-refractivity contribution in [2.45, 2.75) is 19.3 Å². The molecule has 5 heteroatoms. The van der Waals surface area contributed by atoms with E-state index >= 15 is 0 Å². The van der Waals surface area contributed by atoms with Crippen LogP contribution in [0, 0.1) is 0 Å². The first-order valence-electron chi connectivity index (χ1n) is 3.33. The highest BCUT2D eigenvalue weighted by molar-refractivity contribution is 8.41. The second kappa shape index (κ2) is 3.28. The van der Waals surface area contributed by atoms with Crippen molar-refractivity contribution in [2.24, 2.45) is 0 Å². The first kappa shape index (κ1) is 8.62. The van der Waals surface area contributed by atoms with Crippen LogP contribution in [0.1, 0.15) is 19.3 Å². The maximum Gasteiger partial charge on any atom is 0.0426 e. The van der Waals surface area contributed by atoms with E-state index in [-0.39, 0.29) is 0 Å². The van der Waals surface area contributed by atoms with Gasteiger partial charge in [-0.25, -0.2) is 0 Å². The number of hydrogen-bond acceptors (Lipinski definition) is 3. The molecule has 0 aromatic carbocycles. The molecule has 0 saturated carbocycles. The molecule has 0 aromatic rings. The molecule has 0 aromatic heterocycles. The monoisotopic (exact) mass is 185 g/mol. The Morgan fingerprint density at radius 3 is 1.90 bits per heavy atom. The molecule has 10 heavy (non-hydrogen) atoms.